The fourth-order valence-corrected chi connectivity index (χ4v) is 4.45. The van der Waals surface area contributed by atoms with Gasteiger partial charge in [-0.05, 0) is 22.6 Å². The lowest BCUT2D eigenvalue weighted by molar-refractivity contribution is -0.192. The maximum Gasteiger partial charge on any atom is 0.490 e. The number of fused-ring (bicyclic) bond motifs is 4. The number of carboxylic acids is 1. The van der Waals surface area contributed by atoms with Crippen molar-refractivity contribution in [1.82, 2.24) is 15.6 Å². The molecule has 1 aromatic heterocycles. The lowest BCUT2D eigenvalue weighted by Crippen LogP contribution is -2.33. The molecule has 166 valence electrons. The van der Waals surface area contributed by atoms with E-state index < -0.39 is 12.1 Å². The molecule has 32 heavy (non-hydrogen) atoms. The normalized spacial score (nSPS) is 21.3. The number of carbonyl (C=O) groups excluding carboxylic acids is 1. The Morgan fingerprint density at radius 1 is 1.00 bits per heavy atom. The van der Waals surface area contributed by atoms with Gasteiger partial charge in [0.25, 0.3) is 5.91 Å². The number of nitrogens with one attached hydrogen (secondary N) is 2. The smallest absolute Gasteiger partial charge is 0.475 e. The Morgan fingerprint density at radius 3 is 2.38 bits per heavy atom. The van der Waals surface area contributed by atoms with E-state index in [1.54, 1.807) is 6.20 Å². The third kappa shape index (κ3) is 4.16. The number of aliphatic carboxylic acids is 1. The van der Waals surface area contributed by atoms with Gasteiger partial charge in [0.1, 0.15) is 5.69 Å². The second kappa shape index (κ2) is 8.58. The predicted octanol–water partition coefficient (Wildman–Crippen LogP) is 3.66. The summed E-state index contributed by atoms with van der Waals surface area (Å²) in [6, 6.07) is 18.4. The summed E-state index contributed by atoms with van der Waals surface area (Å²) in [6.45, 7) is 1.92. The zero-order chi connectivity index (χ0) is 22.9. The summed E-state index contributed by atoms with van der Waals surface area (Å²) in [4.78, 5) is 26.3. The first-order chi connectivity index (χ1) is 15.3. The molecule has 5 rings (SSSR count). The molecule has 1 aliphatic carbocycles. The van der Waals surface area contributed by atoms with E-state index in [4.69, 9.17) is 9.90 Å². The van der Waals surface area contributed by atoms with Crippen LogP contribution in [0.3, 0.4) is 0 Å². The van der Waals surface area contributed by atoms with Crippen molar-refractivity contribution in [1.29, 1.82) is 0 Å². The van der Waals surface area contributed by atoms with Crippen LogP contribution in [-0.4, -0.2) is 41.2 Å². The molecule has 0 spiro atoms. The third-order valence-corrected chi connectivity index (χ3v) is 5.84. The maximum absolute atomic E-state index is 13.0. The van der Waals surface area contributed by atoms with Crippen LogP contribution >= 0.6 is 0 Å². The van der Waals surface area contributed by atoms with E-state index in [1.807, 2.05) is 30.3 Å². The Kier molecular flexibility index (Phi) is 5.84. The van der Waals surface area contributed by atoms with Gasteiger partial charge in [0.05, 0.1) is 6.04 Å². The fraction of sp³-hybridized carbons (Fsp3) is 0.261. The number of carbonyl (C=O) groups is 2. The van der Waals surface area contributed by atoms with Crippen LogP contribution < -0.4 is 10.6 Å². The van der Waals surface area contributed by atoms with Gasteiger partial charge in [-0.25, -0.2) is 4.79 Å². The van der Waals surface area contributed by atoms with Gasteiger partial charge in [0.2, 0.25) is 0 Å². The van der Waals surface area contributed by atoms with Crippen molar-refractivity contribution in [2.45, 2.75) is 18.1 Å². The molecule has 6 nitrogen and oxygen atoms in total. The Balaban J connectivity index is 0.000000307. The number of benzene rings is 2. The molecule has 0 saturated carbocycles. The van der Waals surface area contributed by atoms with Crippen LogP contribution in [0.15, 0.2) is 60.8 Å². The topological polar surface area (TPSA) is 91.3 Å². The maximum atomic E-state index is 13.0. The van der Waals surface area contributed by atoms with E-state index in [9.17, 15) is 18.0 Å². The molecule has 0 unspecified atom stereocenters. The largest absolute Gasteiger partial charge is 0.490 e. The molecule has 1 fully saturated rings. The monoisotopic (exact) mass is 443 g/mol. The van der Waals surface area contributed by atoms with Crippen molar-refractivity contribution < 1.29 is 27.9 Å². The van der Waals surface area contributed by atoms with Crippen LogP contribution in [0.2, 0.25) is 0 Å². The van der Waals surface area contributed by atoms with Crippen LogP contribution in [0, 0.1) is 5.92 Å². The highest BCUT2D eigenvalue weighted by molar-refractivity contribution is 6.05. The first-order valence-electron chi connectivity index (χ1n) is 10.0. The molecule has 2 aromatic carbocycles. The number of halogens is 3. The molecule has 2 aliphatic rings. The highest BCUT2D eigenvalue weighted by Crippen LogP contribution is 2.46. The van der Waals surface area contributed by atoms with Gasteiger partial charge >= 0.3 is 12.1 Å². The first-order valence-corrected chi connectivity index (χ1v) is 10.0. The predicted molar refractivity (Wildman–Crippen MR) is 111 cm³/mol. The fourth-order valence-electron chi connectivity index (χ4n) is 4.45. The molecule has 3 atom stereocenters. The van der Waals surface area contributed by atoms with Gasteiger partial charge in [0, 0.05) is 36.5 Å². The summed E-state index contributed by atoms with van der Waals surface area (Å²) in [6.07, 6.45) is -3.38. The lowest BCUT2D eigenvalue weighted by Gasteiger charge is -2.20. The summed E-state index contributed by atoms with van der Waals surface area (Å²) in [5, 5.41) is 15.8. The molecule has 9 heteroatoms. The number of rotatable bonds is 2. The number of aromatic nitrogens is 1. The number of nitrogens with zero attached hydrogens (tertiary/aromatic N) is 1. The Morgan fingerprint density at radius 2 is 1.66 bits per heavy atom. The van der Waals surface area contributed by atoms with E-state index in [1.165, 1.54) is 11.1 Å². The first kappa shape index (κ1) is 21.8. The minimum atomic E-state index is -5.08. The van der Waals surface area contributed by atoms with Crippen LogP contribution in [0.25, 0.3) is 10.8 Å². The average Bonchev–Trinajstić information content (AvgIpc) is 3.36. The molecule has 0 bridgehead atoms. The number of carboxylic acid groups (broad SMARTS) is 1. The molecular formula is C23H20F3N3O3. The van der Waals surface area contributed by atoms with Gasteiger partial charge in [-0.3, -0.25) is 9.78 Å². The Labute approximate surface area is 181 Å². The summed E-state index contributed by atoms with van der Waals surface area (Å²) >= 11 is 0. The highest BCUT2D eigenvalue weighted by Gasteiger charge is 2.44. The summed E-state index contributed by atoms with van der Waals surface area (Å²) in [5.74, 6) is -1.95. The van der Waals surface area contributed by atoms with Gasteiger partial charge in [-0.2, -0.15) is 13.2 Å². The van der Waals surface area contributed by atoms with E-state index in [-0.39, 0.29) is 11.9 Å². The minimum absolute atomic E-state index is 0.0458. The van der Waals surface area contributed by atoms with Gasteiger partial charge in [-0.15, -0.1) is 0 Å². The minimum Gasteiger partial charge on any atom is -0.475 e. The zero-order valence-corrected chi connectivity index (χ0v) is 16.8. The zero-order valence-electron chi connectivity index (χ0n) is 16.8. The average molecular weight is 443 g/mol. The number of alkyl halides is 3. The van der Waals surface area contributed by atoms with Crippen LogP contribution in [0.4, 0.5) is 13.2 Å². The third-order valence-electron chi connectivity index (χ3n) is 5.84. The van der Waals surface area contributed by atoms with Crippen LogP contribution in [0.1, 0.15) is 33.6 Å². The number of pyridine rings is 1. The molecule has 1 aliphatic heterocycles. The van der Waals surface area contributed by atoms with E-state index in [0.29, 0.717) is 17.5 Å². The van der Waals surface area contributed by atoms with E-state index in [0.717, 1.165) is 23.9 Å². The number of amides is 1. The molecule has 0 radical (unpaired) electrons. The SMILES string of the molecule is O=C(N[C@@H]1c2ccccc2[C@@H]2CNC[C@H]12)c1nccc2ccccc12.O=C(O)C(F)(F)F. The van der Waals surface area contributed by atoms with Crippen molar-refractivity contribution in [2.24, 2.45) is 5.92 Å². The molecule has 2 heterocycles. The number of hydrogen-bond acceptors (Lipinski definition) is 4. The van der Waals surface area contributed by atoms with Gasteiger partial charge in [-0.1, -0.05) is 48.5 Å². The molecule has 3 N–H and O–H groups in total. The molecule has 3 aromatic rings. The number of hydrogen-bond donors (Lipinski definition) is 3. The van der Waals surface area contributed by atoms with Crippen molar-refractivity contribution in [3.05, 3.63) is 77.6 Å². The molecule has 1 saturated heterocycles. The molecule has 1 amide bonds. The lowest BCUT2D eigenvalue weighted by atomic mass is 9.94. The van der Waals surface area contributed by atoms with Gasteiger partial charge in [0.15, 0.2) is 0 Å². The Hall–Kier alpha value is -3.46. The standard InChI is InChI=1S/C21H19N3O.C2HF3O2/c25-21(20-14-6-2-1-5-13(14)9-10-23-20)24-19-16-8-4-3-7-15(16)17-11-22-12-18(17)19;3-2(4,5)1(6)7/h1-10,17-19,22H,11-12H2,(H,24,25);(H,6,7)/t17-,18-,19+;/m0./s1. The van der Waals surface area contributed by atoms with Crippen molar-refractivity contribution in [3.8, 4) is 0 Å². The van der Waals surface area contributed by atoms with Crippen molar-refractivity contribution in [3.63, 3.8) is 0 Å². The van der Waals surface area contributed by atoms with Crippen LogP contribution in [-0.2, 0) is 4.79 Å². The van der Waals surface area contributed by atoms with E-state index in [2.05, 4.69) is 39.9 Å². The second-order valence-corrected chi connectivity index (χ2v) is 7.69. The molecular weight excluding hydrogens is 423 g/mol. The highest BCUT2D eigenvalue weighted by atomic mass is 19.4. The summed E-state index contributed by atoms with van der Waals surface area (Å²) < 4.78 is 31.7. The van der Waals surface area contributed by atoms with Crippen LogP contribution in [0.5, 0.6) is 0 Å². The Bertz CT molecular complexity index is 1160. The van der Waals surface area contributed by atoms with Crippen molar-refractivity contribution >= 4 is 22.6 Å². The quantitative estimate of drug-likeness (QED) is 0.563. The van der Waals surface area contributed by atoms with Crippen molar-refractivity contribution in [2.75, 3.05) is 13.1 Å². The second-order valence-electron chi connectivity index (χ2n) is 7.69. The van der Waals surface area contributed by atoms with Gasteiger partial charge < -0.3 is 15.7 Å². The summed E-state index contributed by atoms with van der Waals surface area (Å²) in [5.41, 5.74) is 3.13. The van der Waals surface area contributed by atoms with E-state index >= 15 is 0 Å². The summed E-state index contributed by atoms with van der Waals surface area (Å²) in [7, 11) is 0.